The second kappa shape index (κ2) is 4.78. The second-order valence-electron chi connectivity index (χ2n) is 4.56. The average Bonchev–Trinajstić information content (AvgIpc) is 2.47. The van der Waals surface area contributed by atoms with Gasteiger partial charge in [-0.25, -0.2) is 0 Å². The van der Waals surface area contributed by atoms with Gasteiger partial charge in [0.1, 0.15) is 0 Å². The Balaban J connectivity index is 2.39. The summed E-state index contributed by atoms with van der Waals surface area (Å²) in [6.07, 6.45) is 5.51. The number of rotatable bonds is 2. The molecule has 0 aliphatic rings. The molecule has 1 aromatic carbocycles. The fourth-order valence-electron chi connectivity index (χ4n) is 2.46. The van der Waals surface area contributed by atoms with E-state index in [9.17, 15) is 0 Å². The number of nitrogens with zero attached hydrogens (tertiary/aromatic N) is 2. The summed E-state index contributed by atoms with van der Waals surface area (Å²) in [6, 6.07) is 10.3. The molecule has 0 aliphatic heterocycles. The van der Waals surface area contributed by atoms with Crippen LogP contribution in [-0.4, -0.2) is 9.97 Å². The fourth-order valence-corrected chi connectivity index (χ4v) is 2.46. The molecule has 3 aromatic rings. The van der Waals surface area contributed by atoms with Crippen molar-refractivity contribution in [2.45, 2.75) is 13.5 Å². The van der Waals surface area contributed by atoms with Crippen LogP contribution in [0.25, 0.3) is 21.9 Å². The maximum Gasteiger partial charge on any atom is 0.0618 e. The molecule has 0 bridgehead atoms. The monoisotopic (exact) mass is 249 g/mol. The van der Waals surface area contributed by atoms with E-state index >= 15 is 0 Å². The van der Waals surface area contributed by atoms with E-state index in [4.69, 9.17) is 5.73 Å². The van der Waals surface area contributed by atoms with Crippen molar-refractivity contribution in [1.29, 1.82) is 0 Å². The van der Waals surface area contributed by atoms with E-state index in [0.717, 1.165) is 22.2 Å². The predicted molar refractivity (Wildman–Crippen MR) is 77.6 cm³/mol. The number of fused-ring (bicyclic) bond motifs is 1. The Morgan fingerprint density at radius 1 is 1.11 bits per heavy atom. The van der Waals surface area contributed by atoms with Gasteiger partial charge in [0, 0.05) is 36.1 Å². The minimum atomic E-state index is 0.455. The molecule has 0 amide bonds. The molecular formula is C16H15N3. The van der Waals surface area contributed by atoms with E-state index in [1.807, 2.05) is 18.3 Å². The van der Waals surface area contributed by atoms with E-state index in [1.165, 1.54) is 10.9 Å². The molecule has 0 saturated heterocycles. The maximum absolute atomic E-state index is 5.78. The lowest BCUT2D eigenvalue weighted by molar-refractivity contribution is 1.01. The summed E-state index contributed by atoms with van der Waals surface area (Å²) in [7, 11) is 0. The highest BCUT2D eigenvalue weighted by Gasteiger charge is 2.10. The summed E-state index contributed by atoms with van der Waals surface area (Å²) in [4.78, 5) is 8.56. The van der Waals surface area contributed by atoms with E-state index in [2.05, 4.69) is 35.1 Å². The number of benzene rings is 1. The quantitative estimate of drug-likeness (QED) is 0.759. The topological polar surface area (TPSA) is 51.8 Å². The van der Waals surface area contributed by atoms with Gasteiger partial charge in [0.25, 0.3) is 0 Å². The molecule has 0 saturated carbocycles. The molecule has 3 nitrogen and oxygen atoms in total. The van der Waals surface area contributed by atoms with Crippen LogP contribution in [0.2, 0.25) is 0 Å². The highest BCUT2D eigenvalue weighted by atomic mass is 14.7. The van der Waals surface area contributed by atoms with E-state index in [-0.39, 0.29) is 0 Å². The summed E-state index contributed by atoms with van der Waals surface area (Å²) in [5.41, 5.74) is 10.2. The molecular weight excluding hydrogens is 234 g/mol. The van der Waals surface area contributed by atoms with Gasteiger partial charge in [-0.3, -0.25) is 9.97 Å². The molecule has 0 atom stereocenters. The third kappa shape index (κ3) is 1.98. The third-order valence-corrected chi connectivity index (χ3v) is 3.39. The van der Waals surface area contributed by atoms with Crippen LogP contribution < -0.4 is 5.73 Å². The second-order valence-corrected chi connectivity index (χ2v) is 4.56. The first-order valence-corrected chi connectivity index (χ1v) is 6.29. The highest BCUT2D eigenvalue weighted by Crippen LogP contribution is 2.31. The molecule has 3 rings (SSSR count). The van der Waals surface area contributed by atoms with Gasteiger partial charge >= 0.3 is 0 Å². The van der Waals surface area contributed by atoms with Gasteiger partial charge in [-0.15, -0.1) is 0 Å². The van der Waals surface area contributed by atoms with Gasteiger partial charge in [0.2, 0.25) is 0 Å². The zero-order valence-electron chi connectivity index (χ0n) is 10.8. The van der Waals surface area contributed by atoms with Crippen molar-refractivity contribution in [3.8, 4) is 11.1 Å². The molecule has 2 heterocycles. The highest BCUT2D eigenvalue weighted by molar-refractivity contribution is 5.99. The van der Waals surface area contributed by atoms with Crippen LogP contribution in [0.1, 0.15) is 11.3 Å². The largest absolute Gasteiger partial charge is 0.325 e. The number of hydrogen-bond acceptors (Lipinski definition) is 3. The predicted octanol–water partition coefficient (Wildman–Crippen LogP) is 3.06. The molecule has 2 N–H and O–H groups in total. The maximum atomic E-state index is 5.78. The summed E-state index contributed by atoms with van der Waals surface area (Å²) in [6.45, 7) is 2.57. The van der Waals surface area contributed by atoms with Gasteiger partial charge in [-0.1, -0.05) is 18.2 Å². The van der Waals surface area contributed by atoms with Crippen LogP contribution in [-0.2, 0) is 6.54 Å². The minimum absolute atomic E-state index is 0.455. The fraction of sp³-hybridized carbons (Fsp3) is 0.125. The molecule has 0 fully saturated rings. The Morgan fingerprint density at radius 2 is 1.89 bits per heavy atom. The van der Waals surface area contributed by atoms with Crippen molar-refractivity contribution < 1.29 is 0 Å². The number of aromatic nitrogens is 2. The van der Waals surface area contributed by atoms with Crippen LogP contribution in [0.15, 0.2) is 48.9 Å². The Labute approximate surface area is 112 Å². The van der Waals surface area contributed by atoms with Crippen LogP contribution >= 0.6 is 0 Å². The minimum Gasteiger partial charge on any atom is -0.325 e. The van der Waals surface area contributed by atoms with Crippen molar-refractivity contribution in [3.05, 3.63) is 60.2 Å². The Kier molecular flexibility index (Phi) is 2.97. The van der Waals surface area contributed by atoms with Gasteiger partial charge in [-0.05, 0) is 35.6 Å². The van der Waals surface area contributed by atoms with Gasteiger partial charge in [0.05, 0.1) is 5.69 Å². The Hall–Kier alpha value is -2.26. The zero-order chi connectivity index (χ0) is 13.2. The first-order valence-electron chi connectivity index (χ1n) is 6.29. The lowest BCUT2D eigenvalue weighted by atomic mass is 9.96. The molecule has 19 heavy (non-hydrogen) atoms. The lowest BCUT2D eigenvalue weighted by Gasteiger charge is -2.11. The van der Waals surface area contributed by atoms with Crippen LogP contribution in [0, 0.1) is 6.92 Å². The number of pyridine rings is 2. The van der Waals surface area contributed by atoms with Crippen molar-refractivity contribution in [3.63, 3.8) is 0 Å². The SMILES string of the molecule is Cc1cccc2c(CN)ncc(-c3ccncc3)c12. The summed E-state index contributed by atoms with van der Waals surface area (Å²) in [5.74, 6) is 0. The lowest BCUT2D eigenvalue weighted by Crippen LogP contribution is -2.01. The number of nitrogens with two attached hydrogens (primary N) is 1. The van der Waals surface area contributed by atoms with Crippen LogP contribution in [0.3, 0.4) is 0 Å². The Morgan fingerprint density at radius 3 is 2.63 bits per heavy atom. The molecule has 3 heteroatoms. The zero-order valence-corrected chi connectivity index (χ0v) is 10.8. The van der Waals surface area contributed by atoms with Gasteiger partial charge in [0.15, 0.2) is 0 Å². The summed E-state index contributed by atoms with van der Waals surface area (Å²) >= 11 is 0. The van der Waals surface area contributed by atoms with E-state index < -0.39 is 0 Å². The first kappa shape index (κ1) is 11.8. The van der Waals surface area contributed by atoms with Crippen molar-refractivity contribution in [1.82, 2.24) is 9.97 Å². The van der Waals surface area contributed by atoms with Crippen LogP contribution in [0.4, 0.5) is 0 Å². The first-order chi connectivity index (χ1) is 9.31. The third-order valence-electron chi connectivity index (χ3n) is 3.39. The van der Waals surface area contributed by atoms with Crippen LogP contribution in [0.5, 0.6) is 0 Å². The van der Waals surface area contributed by atoms with Gasteiger partial charge < -0.3 is 5.73 Å². The normalized spacial score (nSPS) is 10.8. The molecule has 0 radical (unpaired) electrons. The molecule has 0 unspecified atom stereocenters. The van der Waals surface area contributed by atoms with Crippen molar-refractivity contribution >= 4 is 10.8 Å². The molecule has 0 spiro atoms. The summed E-state index contributed by atoms with van der Waals surface area (Å²) < 4.78 is 0. The number of hydrogen-bond donors (Lipinski definition) is 1. The average molecular weight is 249 g/mol. The van der Waals surface area contributed by atoms with E-state index in [1.54, 1.807) is 12.4 Å². The van der Waals surface area contributed by atoms with Crippen molar-refractivity contribution in [2.24, 2.45) is 5.73 Å². The Bertz CT molecular complexity index is 721. The standard InChI is InChI=1S/C16H15N3/c1-11-3-2-4-13-15(9-17)19-10-14(16(11)13)12-5-7-18-8-6-12/h2-8,10H,9,17H2,1H3. The number of aryl methyl sites for hydroxylation is 1. The van der Waals surface area contributed by atoms with Gasteiger partial charge in [-0.2, -0.15) is 0 Å². The molecule has 0 aliphatic carbocycles. The van der Waals surface area contributed by atoms with Crippen molar-refractivity contribution in [2.75, 3.05) is 0 Å². The summed E-state index contributed by atoms with van der Waals surface area (Å²) in [5, 5.41) is 2.36. The molecule has 94 valence electrons. The smallest absolute Gasteiger partial charge is 0.0618 e. The molecule has 2 aromatic heterocycles. The van der Waals surface area contributed by atoms with E-state index in [0.29, 0.717) is 6.54 Å².